The first-order valence-corrected chi connectivity index (χ1v) is 7.90. The number of carbonyl (C=O) groups excluding carboxylic acids is 1. The molecule has 6 heteroatoms. The lowest BCUT2D eigenvalue weighted by atomic mass is 10.1. The highest BCUT2D eigenvalue weighted by atomic mass is 32.2. The Morgan fingerprint density at radius 3 is 2.37 bits per heavy atom. The van der Waals surface area contributed by atoms with Crippen molar-refractivity contribution in [2.24, 2.45) is 5.14 Å². The third-order valence-corrected chi connectivity index (χ3v) is 4.70. The van der Waals surface area contributed by atoms with Gasteiger partial charge in [-0.25, -0.2) is 13.6 Å². The third kappa shape index (κ3) is 2.91. The second kappa shape index (κ2) is 4.88. The molecule has 2 rings (SSSR count). The number of thiophene rings is 1. The Morgan fingerprint density at radius 2 is 1.89 bits per heavy atom. The van der Waals surface area contributed by atoms with Crippen LogP contribution in [-0.4, -0.2) is 14.2 Å². The highest BCUT2D eigenvalue weighted by Gasteiger charge is 2.17. The first-order valence-electron chi connectivity index (χ1n) is 5.53. The van der Waals surface area contributed by atoms with Gasteiger partial charge in [0.05, 0.1) is 4.90 Å². The van der Waals surface area contributed by atoms with Crippen LogP contribution in [0.3, 0.4) is 0 Å². The molecule has 4 nitrogen and oxygen atoms in total. The summed E-state index contributed by atoms with van der Waals surface area (Å²) >= 11 is 1.46. The third-order valence-electron chi connectivity index (χ3n) is 2.70. The smallest absolute Gasteiger partial charge is 0.238 e. The van der Waals surface area contributed by atoms with Crippen LogP contribution in [0.2, 0.25) is 0 Å². The van der Waals surface area contributed by atoms with E-state index in [0.29, 0.717) is 11.1 Å². The summed E-state index contributed by atoms with van der Waals surface area (Å²) in [4.78, 5) is 13.3. The lowest BCUT2D eigenvalue weighted by Crippen LogP contribution is -2.13. The molecule has 0 saturated heterocycles. The predicted molar refractivity (Wildman–Crippen MR) is 75.9 cm³/mol. The molecule has 2 N–H and O–H groups in total. The van der Waals surface area contributed by atoms with Gasteiger partial charge in [-0.3, -0.25) is 4.79 Å². The van der Waals surface area contributed by atoms with E-state index >= 15 is 0 Å². The minimum atomic E-state index is -3.82. The molecule has 0 atom stereocenters. The number of carbonyl (C=O) groups is 1. The van der Waals surface area contributed by atoms with Crippen LogP contribution >= 0.6 is 11.3 Å². The Hall–Kier alpha value is -1.50. The van der Waals surface area contributed by atoms with Crippen LogP contribution in [0, 0.1) is 6.92 Å². The highest BCUT2D eigenvalue weighted by molar-refractivity contribution is 7.89. The van der Waals surface area contributed by atoms with Gasteiger partial charge in [-0.2, -0.15) is 0 Å². The fourth-order valence-corrected chi connectivity index (χ4v) is 3.46. The van der Waals surface area contributed by atoms with Crippen LogP contribution in [0.1, 0.15) is 22.2 Å². The number of aryl methyl sites for hydroxylation is 1. The van der Waals surface area contributed by atoms with E-state index in [4.69, 9.17) is 5.14 Å². The molecule has 0 aliphatic rings. The fraction of sp³-hybridized carbons (Fsp3) is 0.154. The van der Waals surface area contributed by atoms with Crippen LogP contribution in [0.15, 0.2) is 35.2 Å². The average molecular weight is 295 g/mol. The lowest BCUT2D eigenvalue weighted by Gasteiger charge is -2.07. The maximum absolute atomic E-state index is 11.6. The number of primary sulfonamides is 1. The minimum Gasteiger partial charge on any atom is -0.295 e. The maximum Gasteiger partial charge on any atom is 0.238 e. The second-order valence-electron chi connectivity index (χ2n) is 4.22. The molecule has 0 radical (unpaired) electrons. The van der Waals surface area contributed by atoms with Gasteiger partial charge in [0.15, 0.2) is 5.78 Å². The van der Waals surface area contributed by atoms with Crippen molar-refractivity contribution < 1.29 is 13.2 Å². The minimum absolute atomic E-state index is 0.0411. The van der Waals surface area contributed by atoms with Gasteiger partial charge in [-0.15, -0.1) is 11.3 Å². The zero-order valence-corrected chi connectivity index (χ0v) is 12.1. The van der Waals surface area contributed by atoms with E-state index in [0.717, 1.165) is 9.75 Å². The summed E-state index contributed by atoms with van der Waals surface area (Å²) in [5, 5.41) is 5.22. The summed E-state index contributed by atoms with van der Waals surface area (Å²) in [6.07, 6.45) is 0. The number of hydrogen-bond donors (Lipinski definition) is 1. The number of benzene rings is 1. The summed E-state index contributed by atoms with van der Waals surface area (Å²) in [5.41, 5.74) is 0.946. The topological polar surface area (TPSA) is 77.2 Å². The van der Waals surface area contributed by atoms with Crippen LogP contribution in [0.25, 0.3) is 10.4 Å². The number of Topliss-reactive ketones (excluding diaryl/α,β-unsaturated/α-hetero) is 1. The van der Waals surface area contributed by atoms with Gasteiger partial charge >= 0.3 is 0 Å². The van der Waals surface area contributed by atoms with Crippen molar-refractivity contribution >= 4 is 27.1 Å². The highest BCUT2D eigenvalue weighted by Crippen LogP contribution is 2.33. The zero-order chi connectivity index (χ0) is 14.2. The molecule has 0 amide bonds. The van der Waals surface area contributed by atoms with Crippen LogP contribution in [-0.2, 0) is 10.0 Å². The molecule has 19 heavy (non-hydrogen) atoms. The van der Waals surface area contributed by atoms with Gasteiger partial charge in [0.25, 0.3) is 0 Å². The molecule has 0 fully saturated rings. The van der Waals surface area contributed by atoms with E-state index in [1.54, 1.807) is 6.07 Å². The average Bonchev–Trinajstić information content (AvgIpc) is 2.73. The molecule has 0 spiro atoms. The van der Waals surface area contributed by atoms with Crippen molar-refractivity contribution in [2.75, 3.05) is 0 Å². The molecule has 0 aliphatic heterocycles. The first kappa shape index (κ1) is 13.9. The van der Waals surface area contributed by atoms with Gasteiger partial charge in [-0.05, 0) is 38.1 Å². The van der Waals surface area contributed by atoms with Crippen molar-refractivity contribution in [2.45, 2.75) is 18.7 Å². The quantitative estimate of drug-likeness (QED) is 0.884. The van der Waals surface area contributed by atoms with E-state index in [1.807, 2.05) is 19.1 Å². The molecule has 0 bridgehead atoms. The van der Waals surface area contributed by atoms with Crippen molar-refractivity contribution in [1.29, 1.82) is 0 Å². The number of sulfonamides is 1. The van der Waals surface area contributed by atoms with Crippen molar-refractivity contribution in [3.63, 3.8) is 0 Å². The van der Waals surface area contributed by atoms with Crippen molar-refractivity contribution in [3.8, 4) is 10.4 Å². The molecule has 0 aliphatic carbocycles. The Labute approximate surface area is 115 Å². The van der Waals surface area contributed by atoms with E-state index in [2.05, 4.69) is 0 Å². The second-order valence-corrected chi connectivity index (χ2v) is 7.04. The maximum atomic E-state index is 11.6. The van der Waals surface area contributed by atoms with Gasteiger partial charge in [-0.1, -0.05) is 6.07 Å². The molecule has 0 saturated carbocycles. The normalized spacial score (nSPS) is 11.5. The molecule has 2 aromatic rings. The molecule has 1 aromatic carbocycles. The number of ketones is 1. The SMILES string of the molecule is CC(=O)c1ccc(S(N)(=O)=O)c(-c2ccc(C)s2)c1. The van der Waals surface area contributed by atoms with Crippen LogP contribution < -0.4 is 5.14 Å². The summed E-state index contributed by atoms with van der Waals surface area (Å²) in [7, 11) is -3.82. The molecule has 0 unspecified atom stereocenters. The predicted octanol–water partition coefficient (Wildman–Crippen LogP) is 2.57. The molecule has 1 aromatic heterocycles. The molecule has 100 valence electrons. The zero-order valence-electron chi connectivity index (χ0n) is 10.5. The van der Waals surface area contributed by atoms with Crippen molar-refractivity contribution in [1.82, 2.24) is 0 Å². The largest absolute Gasteiger partial charge is 0.295 e. The van der Waals surface area contributed by atoms with E-state index < -0.39 is 10.0 Å². The number of nitrogens with two attached hydrogens (primary N) is 1. The standard InChI is InChI=1S/C13H13NO3S2/c1-8-3-5-12(18-8)11-7-10(9(2)15)4-6-13(11)19(14,16)17/h3-7H,1-2H3,(H2,14,16,17). The van der Waals surface area contributed by atoms with Gasteiger partial charge < -0.3 is 0 Å². The van der Waals surface area contributed by atoms with Crippen molar-refractivity contribution in [3.05, 3.63) is 40.8 Å². The van der Waals surface area contributed by atoms with Crippen LogP contribution in [0.4, 0.5) is 0 Å². The number of rotatable bonds is 3. The van der Waals surface area contributed by atoms with Crippen LogP contribution in [0.5, 0.6) is 0 Å². The van der Waals surface area contributed by atoms with E-state index in [-0.39, 0.29) is 10.7 Å². The summed E-state index contributed by atoms with van der Waals surface area (Å²) in [6.45, 7) is 3.37. The fourth-order valence-electron chi connectivity index (χ4n) is 1.77. The van der Waals surface area contributed by atoms with Gasteiger partial charge in [0.2, 0.25) is 10.0 Å². The summed E-state index contributed by atoms with van der Waals surface area (Å²) in [5.74, 6) is -0.115. The summed E-state index contributed by atoms with van der Waals surface area (Å²) < 4.78 is 23.2. The monoisotopic (exact) mass is 295 g/mol. The Bertz CT molecular complexity index is 745. The lowest BCUT2D eigenvalue weighted by molar-refractivity contribution is 0.101. The Balaban J connectivity index is 2.73. The Morgan fingerprint density at radius 1 is 1.21 bits per heavy atom. The van der Waals surface area contributed by atoms with E-state index in [1.165, 1.54) is 30.4 Å². The Kier molecular flexibility index (Phi) is 3.58. The summed E-state index contributed by atoms with van der Waals surface area (Å²) in [6, 6.07) is 8.16. The molecular weight excluding hydrogens is 282 g/mol. The van der Waals surface area contributed by atoms with E-state index in [9.17, 15) is 13.2 Å². The molecule has 1 heterocycles. The molecular formula is C13H13NO3S2. The number of hydrogen-bond acceptors (Lipinski definition) is 4. The first-order chi connectivity index (χ1) is 8.79. The van der Waals surface area contributed by atoms with Gasteiger partial charge in [0.1, 0.15) is 0 Å². The van der Waals surface area contributed by atoms with Gasteiger partial charge in [0, 0.05) is 20.9 Å².